The van der Waals surface area contributed by atoms with E-state index in [9.17, 15) is 4.21 Å². The first kappa shape index (κ1) is 25.7. The van der Waals surface area contributed by atoms with Gasteiger partial charge in [0.2, 0.25) is 0 Å². The van der Waals surface area contributed by atoms with Crippen molar-refractivity contribution >= 4 is 34.1 Å². The molecule has 2 aromatic rings. The van der Waals surface area contributed by atoms with Crippen LogP contribution < -0.4 is 10.6 Å². The Kier molecular flexibility index (Phi) is 9.71. The molecule has 0 aromatic heterocycles. The largest absolute Gasteiger partial charge is 0.335 e. The van der Waals surface area contributed by atoms with Crippen molar-refractivity contribution in [2.75, 3.05) is 4.90 Å². The number of nitrogens with two attached hydrogens (primary N) is 1. The van der Waals surface area contributed by atoms with Crippen LogP contribution in [0.1, 0.15) is 37.8 Å². The van der Waals surface area contributed by atoms with Crippen molar-refractivity contribution in [3.8, 4) is 0 Å². The lowest BCUT2D eigenvalue weighted by molar-refractivity contribution is -0.245. The van der Waals surface area contributed by atoms with Gasteiger partial charge in [0.25, 0.3) is 0 Å². The number of nitrogens with zero attached hydrogens (tertiary/aromatic N) is 1. The molecular weight excluding hydrogens is 456 g/mol. The molecule has 0 fully saturated rings. The van der Waals surface area contributed by atoms with E-state index in [0.717, 1.165) is 24.2 Å². The molecule has 1 heterocycles. The number of aryl methyl sites for hydroxylation is 2. The summed E-state index contributed by atoms with van der Waals surface area (Å²) in [5.41, 5.74) is 12.7. The molecule has 7 heteroatoms. The summed E-state index contributed by atoms with van der Waals surface area (Å²) >= 11 is 3.87. The zero-order valence-corrected chi connectivity index (χ0v) is 20.8. The van der Waals surface area contributed by atoms with Crippen molar-refractivity contribution in [3.63, 3.8) is 0 Å². The summed E-state index contributed by atoms with van der Waals surface area (Å²) in [6.45, 7) is 7.83. The van der Waals surface area contributed by atoms with Gasteiger partial charge >= 0.3 is 0 Å². The number of rotatable bonds is 11. The van der Waals surface area contributed by atoms with Gasteiger partial charge in [0, 0.05) is 23.0 Å². The first-order valence-corrected chi connectivity index (χ1v) is 12.9. The quantitative estimate of drug-likeness (QED) is 0.248. The van der Waals surface area contributed by atoms with E-state index >= 15 is 0 Å². The highest BCUT2D eigenvalue weighted by atomic mass is 35.5. The molecule has 0 aliphatic carbocycles. The lowest BCUT2D eigenvalue weighted by Gasteiger charge is -2.38. The van der Waals surface area contributed by atoms with Crippen LogP contribution in [0.4, 0.5) is 11.4 Å². The number of anilines is 2. The Morgan fingerprint density at radius 2 is 1.73 bits per heavy atom. The van der Waals surface area contributed by atoms with E-state index in [1.165, 1.54) is 16.7 Å². The van der Waals surface area contributed by atoms with Crippen molar-refractivity contribution in [3.05, 3.63) is 83.9 Å². The van der Waals surface area contributed by atoms with Gasteiger partial charge in [-0.3, -0.25) is 0 Å². The minimum Gasteiger partial charge on any atom is -0.335 e. The third-order valence-electron chi connectivity index (χ3n) is 6.13. The second kappa shape index (κ2) is 12.5. The zero-order chi connectivity index (χ0) is 23.8. The highest BCUT2D eigenvalue weighted by Crippen LogP contribution is 2.38. The Morgan fingerprint density at radius 1 is 1.15 bits per heavy atom. The van der Waals surface area contributed by atoms with Crippen LogP contribution in [-0.2, 0) is 33.1 Å². The topological polar surface area (TPSA) is 64.8 Å². The van der Waals surface area contributed by atoms with Crippen molar-refractivity contribution in [1.29, 1.82) is 0 Å². The van der Waals surface area contributed by atoms with Gasteiger partial charge in [-0.2, -0.15) is 0 Å². The molecule has 5 unspecified atom stereocenters. The molecule has 2 aromatic carbocycles. The fraction of sp³-hybridized carbons (Fsp3) is 0.385. The van der Waals surface area contributed by atoms with Gasteiger partial charge in [-0.05, 0) is 55.9 Å². The summed E-state index contributed by atoms with van der Waals surface area (Å²) in [7, 11) is 0. The lowest BCUT2D eigenvalue weighted by Crippen LogP contribution is -2.50. The first-order chi connectivity index (χ1) is 16.0. The average Bonchev–Trinajstić information content (AvgIpc) is 3.01. The third kappa shape index (κ3) is 6.14. The molecule has 0 bridgehead atoms. The lowest BCUT2D eigenvalue weighted by atomic mass is 9.99. The van der Waals surface area contributed by atoms with E-state index in [1.807, 2.05) is 19.1 Å². The van der Waals surface area contributed by atoms with E-state index in [1.54, 1.807) is 12.2 Å². The number of hydrogen-bond donors (Lipinski definition) is 1. The summed E-state index contributed by atoms with van der Waals surface area (Å²) in [4.78, 5) is 8.12. The van der Waals surface area contributed by atoms with E-state index in [-0.39, 0.29) is 12.1 Å². The maximum absolute atomic E-state index is 12.7. The molecule has 0 spiro atoms. The van der Waals surface area contributed by atoms with E-state index in [4.69, 9.17) is 26.6 Å². The molecule has 2 N–H and O–H groups in total. The van der Waals surface area contributed by atoms with Crippen molar-refractivity contribution < 1.29 is 13.4 Å². The molecule has 0 radical (unpaired) electrons. The van der Waals surface area contributed by atoms with Gasteiger partial charge in [0.1, 0.15) is 6.10 Å². The normalized spacial score (nSPS) is 18.0. The van der Waals surface area contributed by atoms with Crippen LogP contribution >= 0.6 is 11.6 Å². The van der Waals surface area contributed by atoms with Crippen LogP contribution in [0.25, 0.3) is 0 Å². The molecule has 33 heavy (non-hydrogen) atoms. The standard InChI is InChI=1S/C26H33ClN2O3S/c1-4-22(13-10-18-27)33(30)32-31-26(23(28)5-2)19(3)29-24-14-8-6-11-20(24)16-17-21-12-7-9-15-25(21)29/h4,6-12,14-15,18-19,22-23,26H,1,5,13,16-17,28H2,2-3H3/b18-10+. The molecule has 1 aliphatic rings. The number of halogens is 1. The fourth-order valence-corrected chi connectivity index (χ4v) is 5.01. The highest BCUT2D eigenvalue weighted by molar-refractivity contribution is 7.80. The van der Waals surface area contributed by atoms with Gasteiger partial charge in [-0.1, -0.05) is 67.1 Å². The highest BCUT2D eigenvalue weighted by Gasteiger charge is 2.34. The Bertz CT molecular complexity index is 936. The number of hydrogen-bond acceptors (Lipinski definition) is 5. The van der Waals surface area contributed by atoms with Gasteiger partial charge in [0.15, 0.2) is 11.1 Å². The predicted octanol–water partition coefficient (Wildman–Crippen LogP) is 5.73. The second-order valence-electron chi connectivity index (χ2n) is 8.20. The Hall–Kier alpha value is -1.96. The molecule has 5 nitrogen and oxygen atoms in total. The van der Waals surface area contributed by atoms with Crippen LogP contribution in [0.3, 0.4) is 0 Å². The maximum Gasteiger partial charge on any atom is 0.194 e. The monoisotopic (exact) mass is 488 g/mol. The number of allylic oxidation sites excluding steroid dienone is 1. The molecule has 5 atom stereocenters. The SMILES string of the molecule is C=CC(C/C=C/Cl)S(=O)OOC(C(N)CC)C(C)N1c2ccccc2CCc2ccccc21. The van der Waals surface area contributed by atoms with E-state index in [2.05, 4.69) is 54.8 Å². The summed E-state index contributed by atoms with van der Waals surface area (Å²) in [5.74, 6) is 0. The average molecular weight is 489 g/mol. The number of para-hydroxylation sites is 2. The molecule has 1 aliphatic heterocycles. The van der Waals surface area contributed by atoms with Crippen LogP contribution in [-0.4, -0.2) is 27.6 Å². The van der Waals surface area contributed by atoms with Crippen LogP contribution in [0.15, 0.2) is 72.8 Å². The molecule has 3 rings (SSSR count). The minimum atomic E-state index is -1.74. The summed E-state index contributed by atoms with van der Waals surface area (Å²) in [6.07, 6.45) is 5.80. The first-order valence-electron chi connectivity index (χ1n) is 11.3. The van der Waals surface area contributed by atoms with Gasteiger partial charge in [-0.25, -0.2) is 9.10 Å². The smallest absolute Gasteiger partial charge is 0.194 e. The Balaban J connectivity index is 1.91. The fourth-order valence-electron chi connectivity index (χ4n) is 4.21. The molecular formula is C26H33ClN2O3S. The van der Waals surface area contributed by atoms with Gasteiger partial charge in [0.05, 0.1) is 11.3 Å². The van der Waals surface area contributed by atoms with Crippen LogP contribution in [0.2, 0.25) is 0 Å². The van der Waals surface area contributed by atoms with Gasteiger partial charge in [-0.15, -0.1) is 10.9 Å². The third-order valence-corrected chi connectivity index (χ3v) is 7.40. The molecule has 178 valence electrons. The maximum atomic E-state index is 12.7. The molecule has 0 saturated heterocycles. The minimum absolute atomic E-state index is 0.178. The zero-order valence-electron chi connectivity index (χ0n) is 19.2. The summed E-state index contributed by atoms with van der Waals surface area (Å²) in [5, 5.41) is -0.437. The second-order valence-corrected chi connectivity index (χ2v) is 9.72. The molecule has 0 saturated carbocycles. The number of benzene rings is 2. The van der Waals surface area contributed by atoms with E-state index < -0.39 is 22.4 Å². The van der Waals surface area contributed by atoms with E-state index in [0.29, 0.717) is 12.8 Å². The van der Waals surface area contributed by atoms with Gasteiger partial charge < -0.3 is 10.6 Å². The van der Waals surface area contributed by atoms with Crippen LogP contribution in [0, 0.1) is 0 Å². The van der Waals surface area contributed by atoms with Crippen LogP contribution in [0.5, 0.6) is 0 Å². The van der Waals surface area contributed by atoms with Crippen molar-refractivity contribution in [1.82, 2.24) is 0 Å². The van der Waals surface area contributed by atoms with Crippen molar-refractivity contribution in [2.45, 2.75) is 63.0 Å². The summed E-state index contributed by atoms with van der Waals surface area (Å²) in [6, 6.07) is 16.3. The van der Waals surface area contributed by atoms with Crippen molar-refractivity contribution in [2.24, 2.45) is 5.73 Å². The molecule has 0 amide bonds. The summed E-state index contributed by atoms with van der Waals surface area (Å²) < 4.78 is 18.1. The Morgan fingerprint density at radius 3 is 2.24 bits per heavy atom. The predicted molar refractivity (Wildman–Crippen MR) is 138 cm³/mol. The Labute approximate surface area is 204 Å². The number of fused-ring (bicyclic) bond motifs is 2.